The Morgan fingerprint density at radius 2 is 1.32 bits per heavy atom. The first-order valence-corrected chi connectivity index (χ1v) is 11.3. The SMILES string of the molecule is CC(=N)c1ccc(OCc2cccc(COc3ccc(C4CCCCC4)cc3)c2)cc1. The van der Waals surface area contributed by atoms with Gasteiger partial charge in [-0.05, 0) is 90.4 Å². The van der Waals surface area contributed by atoms with Gasteiger partial charge in [-0.15, -0.1) is 0 Å². The summed E-state index contributed by atoms with van der Waals surface area (Å²) < 4.78 is 11.9. The third-order valence-corrected chi connectivity index (χ3v) is 6.05. The number of rotatable bonds is 8. The summed E-state index contributed by atoms with van der Waals surface area (Å²) in [7, 11) is 0. The minimum atomic E-state index is 0.507. The maximum absolute atomic E-state index is 7.67. The quantitative estimate of drug-likeness (QED) is 0.394. The number of hydrogen-bond acceptors (Lipinski definition) is 3. The lowest BCUT2D eigenvalue weighted by molar-refractivity contribution is 0.300. The van der Waals surface area contributed by atoms with Gasteiger partial charge in [-0.25, -0.2) is 0 Å². The smallest absolute Gasteiger partial charge is 0.119 e. The maximum Gasteiger partial charge on any atom is 0.119 e. The third kappa shape index (κ3) is 5.97. The van der Waals surface area contributed by atoms with Gasteiger partial charge in [-0.1, -0.05) is 49.6 Å². The van der Waals surface area contributed by atoms with E-state index >= 15 is 0 Å². The predicted molar refractivity (Wildman–Crippen MR) is 126 cm³/mol. The normalized spacial score (nSPS) is 14.2. The molecular weight excluding hydrogens is 382 g/mol. The van der Waals surface area contributed by atoms with Crippen LogP contribution in [0.3, 0.4) is 0 Å². The summed E-state index contributed by atoms with van der Waals surface area (Å²) in [5, 5.41) is 7.67. The van der Waals surface area contributed by atoms with Crippen LogP contribution in [0, 0.1) is 5.41 Å². The zero-order valence-corrected chi connectivity index (χ0v) is 18.3. The van der Waals surface area contributed by atoms with Crippen molar-refractivity contribution in [2.75, 3.05) is 0 Å². The van der Waals surface area contributed by atoms with Crippen LogP contribution in [0.15, 0.2) is 72.8 Å². The minimum Gasteiger partial charge on any atom is -0.489 e. The molecule has 1 fully saturated rings. The number of hydrogen-bond donors (Lipinski definition) is 1. The zero-order valence-electron chi connectivity index (χ0n) is 18.3. The molecule has 0 aliphatic heterocycles. The molecule has 0 bridgehead atoms. The second kappa shape index (κ2) is 10.3. The van der Waals surface area contributed by atoms with Crippen LogP contribution >= 0.6 is 0 Å². The number of nitrogens with one attached hydrogen (secondary N) is 1. The highest BCUT2D eigenvalue weighted by Crippen LogP contribution is 2.33. The van der Waals surface area contributed by atoms with E-state index in [0.29, 0.717) is 18.9 Å². The first kappa shape index (κ1) is 21.2. The molecule has 0 amide bonds. The molecule has 31 heavy (non-hydrogen) atoms. The van der Waals surface area contributed by atoms with Crippen LogP contribution < -0.4 is 9.47 Å². The topological polar surface area (TPSA) is 42.3 Å². The molecule has 1 aliphatic carbocycles. The van der Waals surface area contributed by atoms with Crippen LogP contribution in [0.2, 0.25) is 0 Å². The average Bonchev–Trinajstić information content (AvgIpc) is 2.83. The van der Waals surface area contributed by atoms with Crippen LogP contribution in [0.1, 0.15) is 67.2 Å². The lowest BCUT2D eigenvalue weighted by Gasteiger charge is -2.22. The van der Waals surface area contributed by atoms with Gasteiger partial charge < -0.3 is 14.9 Å². The molecule has 3 aromatic rings. The third-order valence-electron chi connectivity index (χ3n) is 6.05. The molecule has 3 heteroatoms. The molecule has 160 valence electrons. The van der Waals surface area contributed by atoms with Crippen molar-refractivity contribution in [2.24, 2.45) is 0 Å². The molecular formula is C28H31NO2. The van der Waals surface area contributed by atoms with Gasteiger partial charge in [0, 0.05) is 5.71 Å². The van der Waals surface area contributed by atoms with Crippen LogP contribution in [0.4, 0.5) is 0 Å². The first-order chi connectivity index (χ1) is 15.2. The van der Waals surface area contributed by atoms with Crippen molar-refractivity contribution >= 4 is 5.71 Å². The molecule has 3 nitrogen and oxygen atoms in total. The Kier molecular flexibility index (Phi) is 7.03. The summed E-state index contributed by atoms with van der Waals surface area (Å²) in [6.07, 6.45) is 6.75. The van der Waals surface area contributed by atoms with E-state index in [1.54, 1.807) is 6.92 Å². The van der Waals surface area contributed by atoms with Gasteiger partial charge in [0.25, 0.3) is 0 Å². The fourth-order valence-corrected chi connectivity index (χ4v) is 4.22. The van der Waals surface area contributed by atoms with E-state index < -0.39 is 0 Å². The average molecular weight is 414 g/mol. The molecule has 1 saturated carbocycles. The van der Waals surface area contributed by atoms with E-state index in [1.165, 1.54) is 37.7 Å². The molecule has 0 spiro atoms. The summed E-state index contributed by atoms with van der Waals surface area (Å²) in [6, 6.07) is 24.7. The second-order valence-electron chi connectivity index (χ2n) is 8.45. The van der Waals surface area contributed by atoms with Crippen molar-refractivity contribution in [1.82, 2.24) is 0 Å². The van der Waals surface area contributed by atoms with Crippen LogP contribution in [-0.2, 0) is 13.2 Å². The Hall–Kier alpha value is -3.07. The Morgan fingerprint density at radius 3 is 1.87 bits per heavy atom. The zero-order chi connectivity index (χ0) is 21.5. The van der Waals surface area contributed by atoms with Crippen molar-refractivity contribution in [3.63, 3.8) is 0 Å². The highest BCUT2D eigenvalue weighted by atomic mass is 16.5. The summed E-state index contributed by atoms with van der Waals surface area (Å²) in [5.41, 5.74) is 5.17. The van der Waals surface area contributed by atoms with Crippen molar-refractivity contribution in [2.45, 2.75) is 58.2 Å². The molecule has 0 saturated heterocycles. The molecule has 0 unspecified atom stereocenters. The van der Waals surface area contributed by atoms with Gasteiger partial charge in [0.15, 0.2) is 0 Å². The lowest BCUT2D eigenvalue weighted by atomic mass is 9.84. The minimum absolute atomic E-state index is 0.507. The Morgan fingerprint density at radius 1 is 0.774 bits per heavy atom. The monoisotopic (exact) mass is 413 g/mol. The largest absolute Gasteiger partial charge is 0.489 e. The van der Waals surface area contributed by atoms with E-state index in [9.17, 15) is 0 Å². The van der Waals surface area contributed by atoms with Gasteiger partial charge in [0.1, 0.15) is 24.7 Å². The highest BCUT2D eigenvalue weighted by molar-refractivity contribution is 5.96. The molecule has 0 atom stereocenters. The summed E-state index contributed by atoms with van der Waals surface area (Å²) in [4.78, 5) is 0. The van der Waals surface area contributed by atoms with Crippen LogP contribution in [0.25, 0.3) is 0 Å². The van der Waals surface area contributed by atoms with Crippen molar-refractivity contribution < 1.29 is 9.47 Å². The maximum atomic E-state index is 7.67. The molecule has 0 aromatic heterocycles. The van der Waals surface area contributed by atoms with Crippen molar-refractivity contribution in [3.05, 3.63) is 95.1 Å². The number of ether oxygens (including phenoxy) is 2. The van der Waals surface area contributed by atoms with Gasteiger partial charge in [-0.3, -0.25) is 0 Å². The highest BCUT2D eigenvalue weighted by Gasteiger charge is 2.15. The molecule has 1 N–H and O–H groups in total. The van der Waals surface area contributed by atoms with Gasteiger partial charge in [0.2, 0.25) is 0 Å². The predicted octanol–water partition coefficient (Wildman–Crippen LogP) is 7.28. The molecule has 4 rings (SSSR count). The summed E-state index contributed by atoms with van der Waals surface area (Å²) in [5.74, 6) is 2.46. The Balaban J connectivity index is 1.29. The van der Waals surface area contributed by atoms with Gasteiger partial charge in [0.05, 0.1) is 0 Å². The van der Waals surface area contributed by atoms with Crippen molar-refractivity contribution in [3.8, 4) is 11.5 Å². The van der Waals surface area contributed by atoms with Crippen LogP contribution in [0.5, 0.6) is 11.5 Å². The summed E-state index contributed by atoms with van der Waals surface area (Å²) in [6.45, 7) is 2.84. The fraction of sp³-hybridized carbons (Fsp3) is 0.321. The van der Waals surface area contributed by atoms with Gasteiger partial charge in [-0.2, -0.15) is 0 Å². The van der Waals surface area contributed by atoms with E-state index in [-0.39, 0.29) is 0 Å². The summed E-state index contributed by atoms with van der Waals surface area (Å²) >= 11 is 0. The van der Waals surface area contributed by atoms with Gasteiger partial charge >= 0.3 is 0 Å². The lowest BCUT2D eigenvalue weighted by Crippen LogP contribution is -2.04. The van der Waals surface area contributed by atoms with E-state index in [0.717, 1.165) is 34.1 Å². The molecule has 1 aliphatic rings. The second-order valence-corrected chi connectivity index (χ2v) is 8.45. The molecule has 0 heterocycles. The fourth-order valence-electron chi connectivity index (χ4n) is 4.22. The Bertz CT molecular complexity index is 986. The first-order valence-electron chi connectivity index (χ1n) is 11.3. The van der Waals surface area contributed by atoms with E-state index in [2.05, 4.69) is 42.5 Å². The van der Waals surface area contributed by atoms with Crippen molar-refractivity contribution in [1.29, 1.82) is 5.41 Å². The standard InChI is InChI=1S/C28H31NO2/c1-21(29)24-10-14-27(15-11-24)30-19-22-6-5-7-23(18-22)20-31-28-16-12-26(13-17-28)25-8-3-2-4-9-25/h5-7,10-18,25,29H,2-4,8-9,19-20H2,1H3. The molecule has 0 radical (unpaired) electrons. The Labute approximate surface area is 185 Å². The van der Waals surface area contributed by atoms with E-state index in [4.69, 9.17) is 14.9 Å². The van der Waals surface area contributed by atoms with E-state index in [1.807, 2.05) is 30.3 Å². The number of benzene rings is 3. The van der Waals surface area contributed by atoms with Crippen LogP contribution in [-0.4, -0.2) is 5.71 Å². The molecule has 3 aromatic carbocycles.